The molecule has 0 aliphatic rings. The van der Waals surface area contributed by atoms with Gasteiger partial charge < -0.3 is 14.9 Å². The van der Waals surface area contributed by atoms with Gasteiger partial charge in [-0.3, -0.25) is 9.59 Å². The molecule has 3 rings (SSSR count). The number of hydrogen-bond acceptors (Lipinski definition) is 5. The fourth-order valence-electron chi connectivity index (χ4n) is 2.98. The predicted molar refractivity (Wildman–Crippen MR) is 114 cm³/mol. The van der Waals surface area contributed by atoms with E-state index < -0.39 is 28.7 Å². The van der Waals surface area contributed by atoms with Gasteiger partial charge in [0.25, 0.3) is 0 Å². The van der Waals surface area contributed by atoms with E-state index in [1.807, 2.05) is 20.8 Å². The zero-order valence-corrected chi connectivity index (χ0v) is 17.2. The van der Waals surface area contributed by atoms with Gasteiger partial charge in [0.05, 0.1) is 28.9 Å². The largest absolute Gasteiger partial charge is 0.507 e. The molecule has 0 atom stereocenters. The highest BCUT2D eigenvalue weighted by molar-refractivity contribution is 6.16. The summed E-state index contributed by atoms with van der Waals surface area (Å²) in [5.41, 5.74) is 0.0446. The molecule has 30 heavy (non-hydrogen) atoms. The smallest absolute Gasteiger partial charge is 0.196 e. The van der Waals surface area contributed by atoms with Gasteiger partial charge in [0.2, 0.25) is 0 Å². The van der Waals surface area contributed by atoms with Crippen molar-refractivity contribution in [1.29, 1.82) is 0 Å². The molecule has 0 heterocycles. The minimum absolute atomic E-state index is 0.00554. The van der Waals surface area contributed by atoms with Gasteiger partial charge in [-0.25, -0.2) is 0 Å². The molecule has 0 radical (unpaired) electrons. The molecule has 154 valence electrons. The van der Waals surface area contributed by atoms with Crippen LogP contribution in [0.25, 0.3) is 0 Å². The standard InChI is InChI=1S/C25H24O5/c1-25(2,3)30-15-20-23(28)18(21(26)16-10-6-4-7-11-16)14-19(24(20)29)22(27)17-12-8-5-9-13-17/h4-14,28-29H,15H2,1-3H3. The van der Waals surface area contributed by atoms with E-state index in [4.69, 9.17) is 4.74 Å². The third-order valence-electron chi connectivity index (χ3n) is 4.58. The molecular formula is C25H24O5. The van der Waals surface area contributed by atoms with Gasteiger partial charge in [-0.2, -0.15) is 0 Å². The molecule has 0 saturated carbocycles. The number of carbonyl (C=O) groups is 2. The molecule has 0 aliphatic heterocycles. The monoisotopic (exact) mass is 404 g/mol. The number of benzene rings is 3. The molecule has 0 unspecified atom stereocenters. The summed E-state index contributed by atoms with van der Waals surface area (Å²) in [4.78, 5) is 26.1. The first-order valence-electron chi connectivity index (χ1n) is 9.60. The zero-order valence-electron chi connectivity index (χ0n) is 17.2. The Hall–Kier alpha value is -3.44. The molecular weight excluding hydrogens is 380 g/mol. The predicted octanol–water partition coefficient (Wildman–Crippen LogP) is 4.87. The molecule has 0 amide bonds. The van der Waals surface area contributed by atoms with Crippen molar-refractivity contribution in [3.05, 3.63) is 94.5 Å². The summed E-state index contributed by atoms with van der Waals surface area (Å²) in [5.74, 6) is -1.69. The van der Waals surface area contributed by atoms with Crippen molar-refractivity contribution in [3.63, 3.8) is 0 Å². The molecule has 0 fully saturated rings. The van der Waals surface area contributed by atoms with Gasteiger partial charge in [-0.15, -0.1) is 0 Å². The first kappa shape index (κ1) is 21.3. The Kier molecular flexibility index (Phi) is 6.04. The van der Waals surface area contributed by atoms with Gasteiger partial charge in [-0.1, -0.05) is 60.7 Å². The minimum atomic E-state index is -0.554. The van der Waals surface area contributed by atoms with Crippen LogP contribution in [-0.4, -0.2) is 27.4 Å². The minimum Gasteiger partial charge on any atom is -0.507 e. The Bertz CT molecular complexity index is 988. The maximum atomic E-state index is 13.0. The van der Waals surface area contributed by atoms with Gasteiger partial charge in [0.1, 0.15) is 11.5 Å². The summed E-state index contributed by atoms with van der Waals surface area (Å²) >= 11 is 0. The lowest BCUT2D eigenvalue weighted by Gasteiger charge is -2.22. The van der Waals surface area contributed by atoms with Gasteiger partial charge in [-0.05, 0) is 26.8 Å². The van der Waals surface area contributed by atoms with Crippen LogP contribution >= 0.6 is 0 Å². The second-order valence-electron chi connectivity index (χ2n) is 7.94. The maximum Gasteiger partial charge on any atom is 0.196 e. The summed E-state index contributed by atoms with van der Waals surface area (Å²) in [7, 11) is 0. The number of hydrogen-bond donors (Lipinski definition) is 2. The number of carbonyl (C=O) groups excluding carboxylic acids is 2. The van der Waals surface area contributed by atoms with E-state index in [1.54, 1.807) is 60.7 Å². The first-order chi connectivity index (χ1) is 14.2. The van der Waals surface area contributed by atoms with Crippen molar-refractivity contribution >= 4 is 11.6 Å². The number of ketones is 2. The molecule has 0 aliphatic carbocycles. The second-order valence-corrected chi connectivity index (χ2v) is 7.94. The van der Waals surface area contributed by atoms with Crippen molar-refractivity contribution in [2.45, 2.75) is 33.0 Å². The van der Waals surface area contributed by atoms with Crippen LogP contribution in [0.1, 0.15) is 58.2 Å². The SMILES string of the molecule is CC(C)(C)OCc1c(O)c(C(=O)c2ccccc2)cc(C(=O)c2ccccc2)c1O. The van der Waals surface area contributed by atoms with E-state index in [1.165, 1.54) is 6.07 Å². The maximum absolute atomic E-state index is 13.0. The van der Waals surface area contributed by atoms with Crippen molar-refractivity contribution in [3.8, 4) is 11.5 Å². The van der Waals surface area contributed by atoms with Crippen LogP contribution in [0.2, 0.25) is 0 Å². The molecule has 0 aromatic heterocycles. The Morgan fingerprint density at radius 1 is 0.767 bits per heavy atom. The molecule has 3 aromatic rings. The highest BCUT2D eigenvalue weighted by Gasteiger charge is 2.27. The molecule has 2 N–H and O–H groups in total. The lowest BCUT2D eigenvalue weighted by atomic mass is 9.92. The Labute approximate surface area is 175 Å². The van der Waals surface area contributed by atoms with Gasteiger partial charge in [0.15, 0.2) is 11.6 Å². The molecule has 5 heteroatoms. The van der Waals surface area contributed by atoms with Crippen molar-refractivity contribution in [1.82, 2.24) is 0 Å². The van der Waals surface area contributed by atoms with Crippen LogP contribution in [0.5, 0.6) is 11.5 Å². The average Bonchev–Trinajstić information content (AvgIpc) is 2.73. The van der Waals surface area contributed by atoms with E-state index in [2.05, 4.69) is 0 Å². The highest BCUT2D eigenvalue weighted by atomic mass is 16.5. The highest BCUT2D eigenvalue weighted by Crippen LogP contribution is 2.37. The Morgan fingerprint density at radius 2 is 1.17 bits per heavy atom. The molecule has 0 bridgehead atoms. The van der Waals surface area contributed by atoms with E-state index in [0.717, 1.165) is 0 Å². The Balaban J connectivity index is 2.16. The number of phenols is 2. The van der Waals surface area contributed by atoms with Crippen LogP contribution in [0.4, 0.5) is 0 Å². The van der Waals surface area contributed by atoms with Crippen LogP contribution in [0.3, 0.4) is 0 Å². The lowest BCUT2D eigenvalue weighted by Crippen LogP contribution is -2.19. The van der Waals surface area contributed by atoms with Crippen LogP contribution in [0, 0.1) is 0 Å². The summed E-state index contributed by atoms with van der Waals surface area (Å²) in [6.07, 6.45) is 0. The average molecular weight is 404 g/mol. The Morgan fingerprint density at radius 3 is 1.53 bits per heavy atom. The third kappa shape index (κ3) is 4.58. The zero-order chi connectivity index (χ0) is 21.9. The van der Waals surface area contributed by atoms with Crippen LogP contribution < -0.4 is 0 Å². The van der Waals surface area contributed by atoms with E-state index in [0.29, 0.717) is 11.1 Å². The number of ether oxygens (including phenoxy) is 1. The summed E-state index contributed by atoms with van der Waals surface area (Å²) in [6.45, 7) is 5.33. The van der Waals surface area contributed by atoms with Crippen molar-refractivity contribution in [2.75, 3.05) is 0 Å². The first-order valence-corrected chi connectivity index (χ1v) is 9.60. The lowest BCUT2D eigenvalue weighted by molar-refractivity contribution is -0.0163. The molecule has 0 spiro atoms. The molecule has 0 saturated heterocycles. The molecule has 5 nitrogen and oxygen atoms in total. The van der Waals surface area contributed by atoms with E-state index >= 15 is 0 Å². The number of phenolic OH excluding ortho intramolecular Hbond substituents is 2. The van der Waals surface area contributed by atoms with Gasteiger partial charge in [0, 0.05) is 11.1 Å². The van der Waals surface area contributed by atoms with Crippen molar-refractivity contribution < 1.29 is 24.5 Å². The third-order valence-corrected chi connectivity index (χ3v) is 4.58. The quantitative estimate of drug-likeness (QED) is 0.573. The summed E-state index contributed by atoms with van der Waals surface area (Å²) < 4.78 is 5.72. The molecule has 3 aromatic carbocycles. The van der Waals surface area contributed by atoms with Crippen LogP contribution in [0.15, 0.2) is 66.7 Å². The number of aromatic hydroxyl groups is 2. The van der Waals surface area contributed by atoms with E-state index in [9.17, 15) is 19.8 Å². The van der Waals surface area contributed by atoms with Crippen LogP contribution in [-0.2, 0) is 11.3 Å². The fraction of sp³-hybridized carbons (Fsp3) is 0.200. The fourth-order valence-corrected chi connectivity index (χ4v) is 2.98. The number of rotatable bonds is 6. The van der Waals surface area contributed by atoms with Gasteiger partial charge >= 0.3 is 0 Å². The normalized spacial score (nSPS) is 11.3. The van der Waals surface area contributed by atoms with E-state index in [-0.39, 0.29) is 23.3 Å². The second kappa shape index (κ2) is 8.51. The summed E-state index contributed by atoms with van der Waals surface area (Å²) in [5, 5.41) is 21.6. The summed E-state index contributed by atoms with van der Waals surface area (Å²) in [6, 6.07) is 18.1. The van der Waals surface area contributed by atoms with Crippen molar-refractivity contribution in [2.24, 2.45) is 0 Å². The topological polar surface area (TPSA) is 83.8 Å².